The number of ether oxygens (including phenoxy) is 1. The Balaban J connectivity index is 1.69. The van der Waals surface area contributed by atoms with Crippen LogP contribution < -0.4 is 5.32 Å². The maximum atomic E-state index is 13.7. The molecule has 4 aromatic rings. The van der Waals surface area contributed by atoms with Gasteiger partial charge in [0.05, 0.1) is 12.1 Å². The molecule has 0 aliphatic carbocycles. The summed E-state index contributed by atoms with van der Waals surface area (Å²) in [5.74, 6) is -0.508. The lowest BCUT2D eigenvalue weighted by molar-refractivity contribution is -0.142. The summed E-state index contributed by atoms with van der Waals surface area (Å²) in [4.78, 5) is 28.7. The number of carbonyl (C=O) groups is 2. The second kappa shape index (κ2) is 11.2. The van der Waals surface area contributed by atoms with Gasteiger partial charge in [-0.1, -0.05) is 78.0 Å². The molecular weight excluding hydrogens is 430 g/mol. The molecule has 1 aromatic heterocycles. The van der Waals surface area contributed by atoms with Crippen LogP contribution in [-0.4, -0.2) is 52.0 Å². The number of fused-ring (bicyclic) bond motifs is 1. The fourth-order valence-corrected chi connectivity index (χ4v) is 3.84. The summed E-state index contributed by atoms with van der Waals surface area (Å²) in [6.45, 7) is 0.955. The largest absolute Gasteiger partial charge is 0.383 e. The Morgan fingerprint density at radius 2 is 1.65 bits per heavy atom. The molecule has 0 fully saturated rings. The average molecular weight is 458 g/mol. The van der Waals surface area contributed by atoms with Crippen LogP contribution in [0.4, 0.5) is 0 Å². The SMILES string of the molecule is COCCNC(=O)C(c1ccccc1)N(Cc1ccccc1)C(=O)Cn1nnc2ccccc21. The van der Waals surface area contributed by atoms with Gasteiger partial charge in [0.15, 0.2) is 0 Å². The number of benzene rings is 3. The Kier molecular flexibility index (Phi) is 7.62. The summed E-state index contributed by atoms with van der Waals surface area (Å²) in [7, 11) is 1.58. The molecule has 1 heterocycles. The maximum absolute atomic E-state index is 13.7. The number of rotatable bonds is 10. The van der Waals surface area contributed by atoms with Crippen molar-refractivity contribution < 1.29 is 14.3 Å². The predicted octanol–water partition coefficient (Wildman–Crippen LogP) is 2.96. The summed E-state index contributed by atoms with van der Waals surface area (Å²) in [5.41, 5.74) is 3.12. The molecule has 8 heteroatoms. The number of amides is 2. The number of methoxy groups -OCH3 is 1. The van der Waals surface area contributed by atoms with Crippen LogP contribution in [0.3, 0.4) is 0 Å². The maximum Gasteiger partial charge on any atom is 0.247 e. The van der Waals surface area contributed by atoms with E-state index in [4.69, 9.17) is 4.74 Å². The summed E-state index contributed by atoms with van der Waals surface area (Å²) >= 11 is 0. The molecule has 4 rings (SSSR count). The molecule has 1 unspecified atom stereocenters. The van der Waals surface area contributed by atoms with Crippen molar-refractivity contribution in [2.45, 2.75) is 19.1 Å². The fourth-order valence-electron chi connectivity index (χ4n) is 3.84. The zero-order valence-corrected chi connectivity index (χ0v) is 19.0. The standard InChI is InChI=1S/C26H27N5O3/c1-34-17-16-27-26(33)25(21-12-6-3-7-13-21)30(18-20-10-4-2-5-11-20)24(32)19-31-23-15-9-8-14-22(23)28-29-31/h2-15,25H,16-19H2,1H3,(H,27,33). The van der Waals surface area contributed by atoms with Crippen molar-refractivity contribution in [3.63, 3.8) is 0 Å². The predicted molar refractivity (Wildman–Crippen MR) is 129 cm³/mol. The first-order chi connectivity index (χ1) is 16.7. The second-order valence-corrected chi connectivity index (χ2v) is 7.84. The van der Waals surface area contributed by atoms with Gasteiger partial charge in [0.1, 0.15) is 18.1 Å². The van der Waals surface area contributed by atoms with E-state index < -0.39 is 6.04 Å². The van der Waals surface area contributed by atoms with Crippen LogP contribution in [0, 0.1) is 0 Å². The Morgan fingerprint density at radius 3 is 2.38 bits per heavy atom. The van der Waals surface area contributed by atoms with Crippen molar-refractivity contribution in [2.75, 3.05) is 20.3 Å². The van der Waals surface area contributed by atoms with Gasteiger partial charge >= 0.3 is 0 Å². The van der Waals surface area contributed by atoms with E-state index in [1.165, 1.54) is 0 Å². The Bertz CT molecular complexity index is 1230. The highest BCUT2D eigenvalue weighted by atomic mass is 16.5. The van der Waals surface area contributed by atoms with E-state index in [0.717, 1.165) is 16.6 Å². The number of para-hydroxylation sites is 1. The summed E-state index contributed by atoms with van der Waals surface area (Å²) < 4.78 is 6.65. The molecule has 34 heavy (non-hydrogen) atoms. The highest BCUT2D eigenvalue weighted by molar-refractivity contribution is 5.89. The van der Waals surface area contributed by atoms with Crippen molar-refractivity contribution in [3.8, 4) is 0 Å². The second-order valence-electron chi connectivity index (χ2n) is 7.84. The van der Waals surface area contributed by atoms with Gasteiger partial charge in [-0.05, 0) is 23.3 Å². The topological polar surface area (TPSA) is 89.4 Å². The van der Waals surface area contributed by atoms with E-state index in [2.05, 4.69) is 15.6 Å². The van der Waals surface area contributed by atoms with E-state index in [0.29, 0.717) is 18.7 Å². The van der Waals surface area contributed by atoms with Gasteiger partial charge in [-0.15, -0.1) is 5.10 Å². The van der Waals surface area contributed by atoms with Crippen LogP contribution >= 0.6 is 0 Å². The van der Waals surface area contributed by atoms with Crippen LogP contribution in [0.25, 0.3) is 11.0 Å². The van der Waals surface area contributed by atoms with E-state index in [1.54, 1.807) is 16.7 Å². The van der Waals surface area contributed by atoms with Gasteiger partial charge in [-0.25, -0.2) is 4.68 Å². The third-order valence-electron chi connectivity index (χ3n) is 5.50. The zero-order valence-electron chi connectivity index (χ0n) is 19.0. The summed E-state index contributed by atoms with van der Waals surface area (Å²) in [6.07, 6.45) is 0. The Morgan fingerprint density at radius 1 is 0.971 bits per heavy atom. The first kappa shape index (κ1) is 23.1. The van der Waals surface area contributed by atoms with Crippen LogP contribution in [0.1, 0.15) is 17.2 Å². The van der Waals surface area contributed by atoms with Crippen molar-refractivity contribution in [1.29, 1.82) is 0 Å². The molecule has 2 amide bonds. The van der Waals surface area contributed by atoms with Gasteiger partial charge in [0, 0.05) is 20.2 Å². The average Bonchev–Trinajstić information content (AvgIpc) is 3.28. The monoisotopic (exact) mass is 457 g/mol. The number of carbonyl (C=O) groups excluding carboxylic acids is 2. The van der Waals surface area contributed by atoms with Crippen molar-refractivity contribution >= 4 is 22.8 Å². The van der Waals surface area contributed by atoms with Crippen molar-refractivity contribution in [2.24, 2.45) is 0 Å². The molecular formula is C26H27N5O3. The minimum absolute atomic E-state index is 0.0397. The molecule has 8 nitrogen and oxygen atoms in total. The minimum Gasteiger partial charge on any atom is -0.383 e. The molecule has 0 bridgehead atoms. The molecule has 0 spiro atoms. The van der Waals surface area contributed by atoms with Gasteiger partial charge in [-0.3, -0.25) is 9.59 Å². The normalized spacial score (nSPS) is 11.8. The minimum atomic E-state index is -0.819. The third kappa shape index (κ3) is 5.47. The molecule has 3 aromatic carbocycles. The van der Waals surface area contributed by atoms with Gasteiger partial charge in [-0.2, -0.15) is 0 Å². The van der Waals surface area contributed by atoms with Gasteiger partial charge in [0.2, 0.25) is 11.8 Å². The van der Waals surface area contributed by atoms with Gasteiger partial charge in [0.25, 0.3) is 0 Å². The lowest BCUT2D eigenvalue weighted by atomic mass is 10.0. The molecule has 174 valence electrons. The highest BCUT2D eigenvalue weighted by Gasteiger charge is 2.31. The van der Waals surface area contributed by atoms with E-state index in [-0.39, 0.29) is 24.9 Å². The smallest absolute Gasteiger partial charge is 0.247 e. The molecule has 0 saturated carbocycles. The fraction of sp³-hybridized carbons (Fsp3) is 0.231. The first-order valence-corrected chi connectivity index (χ1v) is 11.1. The number of aromatic nitrogens is 3. The number of hydrogen-bond donors (Lipinski definition) is 1. The van der Waals surface area contributed by atoms with Crippen LogP contribution in [0.15, 0.2) is 84.9 Å². The number of hydrogen-bond acceptors (Lipinski definition) is 5. The number of nitrogens with zero attached hydrogens (tertiary/aromatic N) is 4. The zero-order chi connectivity index (χ0) is 23.8. The highest BCUT2D eigenvalue weighted by Crippen LogP contribution is 2.24. The van der Waals surface area contributed by atoms with Crippen LogP contribution in [0.5, 0.6) is 0 Å². The van der Waals surface area contributed by atoms with E-state index >= 15 is 0 Å². The molecule has 1 N–H and O–H groups in total. The van der Waals surface area contributed by atoms with Crippen molar-refractivity contribution in [1.82, 2.24) is 25.2 Å². The molecule has 0 radical (unpaired) electrons. The first-order valence-electron chi connectivity index (χ1n) is 11.1. The van der Waals surface area contributed by atoms with E-state index in [1.807, 2.05) is 84.9 Å². The lowest BCUT2D eigenvalue weighted by Crippen LogP contribution is -2.45. The molecule has 0 aliphatic rings. The Hall–Kier alpha value is -4.04. The van der Waals surface area contributed by atoms with Crippen molar-refractivity contribution in [3.05, 3.63) is 96.1 Å². The molecule has 0 saturated heterocycles. The lowest BCUT2D eigenvalue weighted by Gasteiger charge is -2.31. The van der Waals surface area contributed by atoms with Crippen LogP contribution in [-0.2, 0) is 27.4 Å². The Labute approximate surface area is 198 Å². The van der Waals surface area contributed by atoms with Gasteiger partial charge < -0.3 is 15.0 Å². The third-order valence-corrected chi connectivity index (χ3v) is 5.50. The summed E-state index contributed by atoms with van der Waals surface area (Å²) in [5, 5.41) is 11.2. The van der Waals surface area contributed by atoms with Crippen LogP contribution in [0.2, 0.25) is 0 Å². The summed E-state index contributed by atoms with van der Waals surface area (Å²) in [6, 6.07) is 25.6. The molecule has 0 aliphatic heterocycles. The quantitative estimate of drug-likeness (QED) is 0.370. The molecule has 1 atom stereocenters. The van der Waals surface area contributed by atoms with E-state index in [9.17, 15) is 9.59 Å². The number of nitrogens with one attached hydrogen (secondary N) is 1.